The monoisotopic (exact) mass is 682 g/mol. The number of hydrogen-bond acceptors (Lipinski definition) is 8. The van der Waals surface area contributed by atoms with Gasteiger partial charge in [0.15, 0.2) is 0 Å². The van der Waals surface area contributed by atoms with Crippen LogP contribution in [0.2, 0.25) is 0 Å². The second-order valence-corrected chi connectivity index (χ2v) is 11.6. The van der Waals surface area contributed by atoms with Crippen LogP contribution in [0.4, 0.5) is 10.5 Å². The molecule has 10 N–H and O–H groups in total. The Hall–Kier alpha value is -4.51. The topological polar surface area (TPSA) is 213 Å². The van der Waals surface area contributed by atoms with E-state index in [-0.39, 0.29) is 61.5 Å². The zero-order chi connectivity index (χ0) is 29.9. The minimum absolute atomic E-state index is 0. The predicted molar refractivity (Wildman–Crippen MR) is 189 cm³/mol. The molecule has 4 aromatic rings. The quantitative estimate of drug-likeness (QED) is 0.186. The van der Waals surface area contributed by atoms with Gasteiger partial charge in [-0.15, -0.1) is 17.9 Å². The molecule has 252 valence electrons. The van der Waals surface area contributed by atoms with Crippen LogP contribution in [0.3, 0.4) is 0 Å². The van der Waals surface area contributed by atoms with E-state index in [0.717, 1.165) is 26.9 Å². The lowest BCUT2D eigenvalue weighted by atomic mass is 9.98. The van der Waals surface area contributed by atoms with Crippen molar-refractivity contribution in [2.24, 2.45) is 0 Å². The number of nitrogens with one attached hydrogen (secondary N) is 1. The SMILES string of the molecule is C=CCN1CC(=O)N2[C@@H](Cc3ccc(N)cc3)C(=O)N(Cc3cccc4scnc34)C[C@@H]2N1C(=O)NCc1ccccc1.N.O.O.S. The molecule has 1 aromatic heterocycles. The highest BCUT2D eigenvalue weighted by molar-refractivity contribution is 7.59. The first-order valence-corrected chi connectivity index (χ1v) is 15.0. The van der Waals surface area contributed by atoms with Crippen LogP contribution in [0, 0.1) is 0 Å². The number of anilines is 1. The number of amides is 4. The maximum atomic E-state index is 14.2. The van der Waals surface area contributed by atoms with E-state index in [4.69, 9.17) is 5.73 Å². The van der Waals surface area contributed by atoms with Crippen molar-refractivity contribution < 1.29 is 25.3 Å². The lowest BCUT2D eigenvalue weighted by Gasteiger charge is -2.55. The number of urea groups is 1. The van der Waals surface area contributed by atoms with Crippen molar-refractivity contribution in [2.75, 3.05) is 25.4 Å². The number of piperazine rings is 1. The number of hydrazine groups is 1. The molecule has 2 fully saturated rings. The normalized spacial score (nSPS) is 17.4. The maximum Gasteiger partial charge on any atom is 0.334 e. The van der Waals surface area contributed by atoms with Gasteiger partial charge in [-0.3, -0.25) is 9.59 Å². The fraction of sp³-hybridized carbons (Fsp3) is 0.250. The number of hydrogen-bond donors (Lipinski definition) is 3. The van der Waals surface area contributed by atoms with Crippen molar-refractivity contribution in [2.45, 2.75) is 31.7 Å². The molecule has 0 radical (unpaired) electrons. The van der Waals surface area contributed by atoms with Gasteiger partial charge in [0.25, 0.3) is 0 Å². The number of para-hydroxylation sites is 1. The summed E-state index contributed by atoms with van der Waals surface area (Å²) in [5, 5.41) is 6.31. The van der Waals surface area contributed by atoms with Gasteiger partial charge in [0.1, 0.15) is 12.2 Å². The fourth-order valence-corrected chi connectivity index (χ4v) is 6.58. The largest absolute Gasteiger partial charge is 0.412 e. The zero-order valence-electron chi connectivity index (χ0n) is 25.8. The standard InChI is InChI=1S/C32H33N7O3S.H3N.2H2O.H2S/c1-2-15-37-20-29(40)38-26(16-22-11-13-25(33)14-12-22)31(41)36(18-24-9-6-10-27-30(24)35-21-43-27)19-28(38)39(37)32(42)34-17-23-7-4-3-5-8-23;;;;/h2-14,21,26,28H,1,15-20,33H2,(H,34,42);1H3;3*1H2/t26-,28-;;;;/m0..../s1. The Morgan fingerprint density at radius 1 is 1.02 bits per heavy atom. The van der Waals surface area contributed by atoms with Gasteiger partial charge in [-0.2, -0.15) is 13.5 Å². The molecule has 2 aliphatic heterocycles. The van der Waals surface area contributed by atoms with Gasteiger partial charge in [0, 0.05) is 31.7 Å². The Balaban J connectivity index is 0.00000192. The van der Waals surface area contributed by atoms with Crippen LogP contribution in [-0.2, 0) is 29.1 Å². The molecule has 0 unspecified atom stereocenters. The molecule has 4 amide bonds. The zero-order valence-corrected chi connectivity index (χ0v) is 27.7. The summed E-state index contributed by atoms with van der Waals surface area (Å²) in [6.45, 7) is 4.87. The molecule has 13 nitrogen and oxygen atoms in total. The van der Waals surface area contributed by atoms with Crippen LogP contribution in [0.5, 0.6) is 0 Å². The smallest absolute Gasteiger partial charge is 0.334 e. The Morgan fingerprint density at radius 3 is 2.45 bits per heavy atom. The Kier molecular flexibility index (Phi) is 13.9. The molecule has 3 heterocycles. The summed E-state index contributed by atoms with van der Waals surface area (Å²) in [6, 6.07) is 21.7. The van der Waals surface area contributed by atoms with Gasteiger partial charge in [0.2, 0.25) is 11.8 Å². The summed E-state index contributed by atoms with van der Waals surface area (Å²) >= 11 is 1.55. The minimum Gasteiger partial charge on any atom is -0.412 e. The van der Waals surface area contributed by atoms with E-state index >= 15 is 0 Å². The van der Waals surface area contributed by atoms with E-state index in [0.29, 0.717) is 31.7 Å². The number of nitrogen functional groups attached to an aromatic ring is 1. The second kappa shape index (κ2) is 16.9. The Bertz CT molecular complexity index is 1660. The van der Waals surface area contributed by atoms with E-state index < -0.39 is 12.2 Å². The molecular formula is C32H42N8O5S2. The number of aromatic nitrogens is 1. The first kappa shape index (κ1) is 38.7. The number of fused-ring (bicyclic) bond motifs is 2. The molecule has 2 aliphatic rings. The van der Waals surface area contributed by atoms with Crippen LogP contribution in [0.25, 0.3) is 10.2 Å². The molecule has 6 rings (SSSR count). The second-order valence-electron chi connectivity index (χ2n) is 10.7. The highest BCUT2D eigenvalue weighted by atomic mass is 32.1. The maximum absolute atomic E-state index is 14.2. The van der Waals surface area contributed by atoms with E-state index in [1.807, 2.05) is 60.7 Å². The molecule has 0 saturated carbocycles. The van der Waals surface area contributed by atoms with Gasteiger partial charge in [0.05, 0.1) is 28.8 Å². The van der Waals surface area contributed by atoms with Gasteiger partial charge in [-0.1, -0.05) is 60.7 Å². The highest BCUT2D eigenvalue weighted by Gasteiger charge is 2.51. The highest BCUT2D eigenvalue weighted by Crippen LogP contribution is 2.31. The molecule has 47 heavy (non-hydrogen) atoms. The van der Waals surface area contributed by atoms with Gasteiger partial charge < -0.3 is 38.0 Å². The number of carbonyl (C=O) groups excluding carboxylic acids is 3. The predicted octanol–water partition coefficient (Wildman–Crippen LogP) is 2.24. The first-order chi connectivity index (χ1) is 20.9. The van der Waals surface area contributed by atoms with Crippen molar-refractivity contribution >= 4 is 58.6 Å². The van der Waals surface area contributed by atoms with Crippen molar-refractivity contribution in [1.82, 2.24) is 36.3 Å². The number of rotatable bonds is 8. The Morgan fingerprint density at radius 2 is 1.74 bits per heavy atom. The van der Waals surface area contributed by atoms with E-state index in [9.17, 15) is 14.4 Å². The number of benzene rings is 3. The average molecular weight is 683 g/mol. The summed E-state index contributed by atoms with van der Waals surface area (Å²) in [5.74, 6) is -0.385. The summed E-state index contributed by atoms with van der Waals surface area (Å²) in [6.07, 6.45) is 1.24. The van der Waals surface area contributed by atoms with Gasteiger partial charge in [-0.05, 0) is 34.9 Å². The lowest BCUT2D eigenvalue weighted by Crippen LogP contribution is -2.76. The third kappa shape index (κ3) is 8.08. The van der Waals surface area contributed by atoms with Gasteiger partial charge in [-0.25, -0.2) is 19.8 Å². The van der Waals surface area contributed by atoms with E-state index in [1.54, 1.807) is 54.9 Å². The van der Waals surface area contributed by atoms with Crippen LogP contribution in [0.1, 0.15) is 16.7 Å². The van der Waals surface area contributed by atoms with Crippen molar-refractivity contribution in [1.29, 1.82) is 0 Å². The van der Waals surface area contributed by atoms with E-state index in [1.165, 1.54) is 0 Å². The molecule has 2 atom stereocenters. The fourth-order valence-electron chi connectivity index (χ4n) is 5.85. The van der Waals surface area contributed by atoms with Crippen LogP contribution >= 0.6 is 24.8 Å². The average Bonchev–Trinajstić information content (AvgIpc) is 3.50. The lowest BCUT2D eigenvalue weighted by molar-refractivity contribution is -0.189. The van der Waals surface area contributed by atoms with Crippen molar-refractivity contribution in [3.8, 4) is 0 Å². The summed E-state index contributed by atoms with van der Waals surface area (Å²) in [4.78, 5) is 49.7. The molecule has 2 saturated heterocycles. The summed E-state index contributed by atoms with van der Waals surface area (Å²) in [5.41, 5.74) is 11.9. The molecular weight excluding hydrogens is 641 g/mol. The van der Waals surface area contributed by atoms with Crippen LogP contribution in [-0.4, -0.2) is 85.4 Å². The number of nitrogens with zero attached hydrogens (tertiary/aromatic N) is 5. The van der Waals surface area contributed by atoms with E-state index in [2.05, 4.69) is 16.9 Å². The Labute approximate surface area is 284 Å². The number of carbonyl (C=O) groups is 3. The molecule has 0 spiro atoms. The third-order valence-electron chi connectivity index (χ3n) is 7.88. The minimum atomic E-state index is -0.806. The van der Waals surface area contributed by atoms with Crippen molar-refractivity contribution in [3.05, 3.63) is 108 Å². The van der Waals surface area contributed by atoms with Gasteiger partial charge >= 0.3 is 6.03 Å². The van der Waals surface area contributed by atoms with Crippen LogP contribution < -0.4 is 17.2 Å². The van der Waals surface area contributed by atoms with Crippen LogP contribution in [0.15, 0.2) is 91.0 Å². The molecule has 0 aliphatic carbocycles. The number of thiazole rings is 1. The third-order valence-corrected chi connectivity index (χ3v) is 8.67. The molecule has 15 heteroatoms. The summed E-state index contributed by atoms with van der Waals surface area (Å²) in [7, 11) is 0. The first-order valence-electron chi connectivity index (χ1n) is 14.1. The number of nitrogens with two attached hydrogens (primary N) is 1. The molecule has 0 bridgehead atoms. The summed E-state index contributed by atoms with van der Waals surface area (Å²) < 4.78 is 1.04. The molecule has 3 aromatic carbocycles. The van der Waals surface area contributed by atoms with Crippen molar-refractivity contribution in [3.63, 3.8) is 0 Å².